The highest BCUT2D eigenvalue weighted by Crippen LogP contribution is 2.63. The van der Waals surface area contributed by atoms with Gasteiger partial charge in [-0.2, -0.15) is 0 Å². The number of nitrogens with one attached hydrogen (secondary N) is 1. The molecule has 0 spiro atoms. The molecular weight excluding hydrogens is 214 g/mol. The number of nitrogens with zero attached hydrogens (tertiary/aromatic N) is 1. The molecule has 92 valence electrons. The van der Waals surface area contributed by atoms with E-state index >= 15 is 0 Å². The van der Waals surface area contributed by atoms with Crippen molar-refractivity contribution in [3.8, 4) is 0 Å². The van der Waals surface area contributed by atoms with Crippen molar-refractivity contribution in [1.29, 1.82) is 0 Å². The smallest absolute Gasteiger partial charge is 0.267 e. The summed E-state index contributed by atoms with van der Waals surface area (Å²) in [6.07, 6.45) is 1.60. The van der Waals surface area contributed by atoms with Crippen LogP contribution < -0.4 is 11.1 Å². The lowest BCUT2D eigenvalue weighted by Crippen LogP contribution is -2.15. The van der Waals surface area contributed by atoms with E-state index in [9.17, 15) is 4.79 Å². The van der Waals surface area contributed by atoms with Gasteiger partial charge < -0.3 is 11.1 Å². The second-order valence-electron chi connectivity index (χ2n) is 5.81. The van der Waals surface area contributed by atoms with E-state index in [0.717, 1.165) is 5.69 Å². The number of carbonyl (C=O) groups is 1. The van der Waals surface area contributed by atoms with Crippen molar-refractivity contribution >= 4 is 11.6 Å². The van der Waals surface area contributed by atoms with Crippen LogP contribution in [0.2, 0.25) is 0 Å². The molecule has 1 aromatic heterocycles. The first-order valence-electron chi connectivity index (χ1n) is 5.79. The Morgan fingerprint density at radius 3 is 2.41 bits per heavy atom. The molecular formula is C13H19N3O. The molecule has 0 bridgehead atoms. The maximum Gasteiger partial charge on any atom is 0.267 e. The Hall–Kier alpha value is -1.58. The van der Waals surface area contributed by atoms with Gasteiger partial charge in [0, 0.05) is 17.9 Å². The highest BCUT2D eigenvalue weighted by atomic mass is 16.1. The fraction of sp³-hybridized carbons (Fsp3) is 0.538. The molecule has 4 heteroatoms. The van der Waals surface area contributed by atoms with Gasteiger partial charge in [-0.05, 0) is 23.0 Å². The topological polar surface area (TPSA) is 68.0 Å². The van der Waals surface area contributed by atoms with Gasteiger partial charge in [0.15, 0.2) is 0 Å². The van der Waals surface area contributed by atoms with E-state index in [0.29, 0.717) is 11.7 Å². The fourth-order valence-electron chi connectivity index (χ4n) is 2.38. The number of hydrogen-bond acceptors (Lipinski definition) is 3. The molecule has 2 rings (SSSR count). The first kappa shape index (κ1) is 11.9. The third-order valence-corrected chi connectivity index (χ3v) is 4.34. The van der Waals surface area contributed by atoms with Gasteiger partial charge in [-0.25, -0.2) is 0 Å². The van der Waals surface area contributed by atoms with E-state index in [1.165, 1.54) is 0 Å². The van der Waals surface area contributed by atoms with Crippen LogP contribution in [0, 0.1) is 10.8 Å². The van der Waals surface area contributed by atoms with Crippen LogP contribution in [0.1, 0.15) is 38.2 Å². The van der Waals surface area contributed by atoms with Gasteiger partial charge in [0.25, 0.3) is 5.91 Å². The monoisotopic (exact) mass is 233 g/mol. The molecule has 0 aromatic carbocycles. The van der Waals surface area contributed by atoms with Crippen molar-refractivity contribution in [2.75, 3.05) is 5.32 Å². The van der Waals surface area contributed by atoms with Crippen LogP contribution in [0.15, 0.2) is 18.3 Å². The zero-order valence-corrected chi connectivity index (χ0v) is 10.7. The summed E-state index contributed by atoms with van der Waals surface area (Å²) in [5.41, 5.74) is 6.91. The molecule has 4 nitrogen and oxygen atoms in total. The Morgan fingerprint density at radius 1 is 1.35 bits per heavy atom. The number of pyridine rings is 1. The lowest BCUT2D eigenvalue weighted by molar-refractivity contribution is 0.0995. The molecule has 1 amide bonds. The van der Waals surface area contributed by atoms with Crippen molar-refractivity contribution in [3.05, 3.63) is 24.0 Å². The molecule has 1 fully saturated rings. The van der Waals surface area contributed by atoms with E-state index in [-0.39, 0.29) is 10.8 Å². The molecule has 0 aliphatic heterocycles. The quantitative estimate of drug-likeness (QED) is 0.839. The molecule has 0 saturated heterocycles. The van der Waals surface area contributed by atoms with Crippen LogP contribution in [-0.2, 0) is 0 Å². The summed E-state index contributed by atoms with van der Waals surface area (Å²) in [6, 6.07) is 3.96. The predicted octanol–water partition coefficient (Wildman–Crippen LogP) is 2.03. The number of carbonyl (C=O) groups excluding carboxylic acids is 1. The van der Waals surface area contributed by atoms with Gasteiger partial charge in [0.05, 0.1) is 0 Å². The molecule has 17 heavy (non-hydrogen) atoms. The summed E-state index contributed by atoms with van der Waals surface area (Å²) in [5.74, 6) is -0.497. The zero-order valence-electron chi connectivity index (χ0n) is 10.7. The number of hydrogen-bond donors (Lipinski definition) is 2. The molecule has 0 unspecified atom stereocenters. The minimum atomic E-state index is -0.497. The van der Waals surface area contributed by atoms with Crippen molar-refractivity contribution < 1.29 is 4.79 Å². The zero-order chi connectivity index (χ0) is 12.8. The Kier molecular flexibility index (Phi) is 2.42. The van der Waals surface area contributed by atoms with Crippen LogP contribution in [0.3, 0.4) is 0 Å². The van der Waals surface area contributed by atoms with Crippen molar-refractivity contribution in [1.82, 2.24) is 4.98 Å². The number of nitrogens with two attached hydrogens (primary N) is 1. The number of rotatable bonds is 3. The Labute approximate surface area is 102 Å². The molecule has 1 aliphatic rings. The van der Waals surface area contributed by atoms with Crippen molar-refractivity contribution in [3.63, 3.8) is 0 Å². The normalized spacial score (nSPS) is 20.9. The Balaban J connectivity index is 2.16. The molecule has 1 aromatic rings. The number of anilines is 1. The third kappa shape index (κ3) is 1.77. The average Bonchev–Trinajstić information content (AvgIpc) is 2.61. The first-order chi connectivity index (χ1) is 7.76. The van der Waals surface area contributed by atoms with E-state index in [1.54, 1.807) is 12.3 Å². The number of primary amides is 1. The summed E-state index contributed by atoms with van der Waals surface area (Å²) in [7, 11) is 0. The van der Waals surface area contributed by atoms with Gasteiger partial charge in [-0.1, -0.05) is 27.7 Å². The van der Waals surface area contributed by atoms with Crippen LogP contribution in [0.4, 0.5) is 5.69 Å². The SMILES string of the molecule is CC1(C)C(Nc2ccnc(C(N)=O)c2)C1(C)C. The second kappa shape index (κ2) is 3.45. The predicted molar refractivity (Wildman–Crippen MR) is 67.7 cm³/mol. The van der Waals surface area contributed by atoms with Crippen molar-refractivity contribution in [2.24, 2.45) is 16.6 Å². The second-order valence-corrected chi connectivity index (χ2v) is 5.81. The molecule has 0 radical (unpaired) electrons. The summed E-state index contributed by atoms with van der Waals surface area (Å²) in [5, 5.41) is 3.44. The maximum atomic E-state index is 11.0. The van der Waals surface area contributed by atoms with Gasteiger partial charge in [-0.15, -0.1) is 0 Å². The lowest BCUT2D eigenvalue weighted by Gasteiger charge is -2.08. The van der Waals surface area contributed by atoms with E-state index < -0.39 is 5.91 Å². The molecule has 3 N–H and O–H groups in total. The summed E-state index contributed by atoms with van der Waals surface area (Å²) in [4.78, 5) is 15.0. The standard InChI is InChI=1S/C13H19N3O/c1-12(2)11(13(12,3)4)16-8-5-6-15-9(7-8)10(14)17/h5-7,11H,1-4H3,(H2,14,17)(H,15,16). The molecule has 1 aliphatic carbocycles. The van der Waals surface area contributed by atoms with E-state index in [2.05, 4.69) is 38.0 Å². The number of amides is 1. The highest BCUT2D eigenvalue weighted by molar-refractivity contribution is 5.91. The van der Waals surface area contributed by atoms with Crippen LogP contribution in [0.5, 0.6) is 0 Å². The molecule has 1 heterocycles. The lowest BCUT2D eigenvalue weighted by atomic mass is 10.0. The minimum absolute atomic E-state index is 0.253. The maximum absolute atomic E-state index is 11.0. The van der Waals surface area contributed by atoms with Gasteiger partial charge in [-0.3, -0.25) is 9.78 Å². The van der Waals surface area contributed by atoms with E-state index in [4.69, 9.17) is 5.73 Å². The molecule has 0 atom stereocenters. The summed E-state index contributed by atoms with van der Waals surface area (Å²) < 4.78 is 0. The fourth-order valence-corrected chi connectivity index (χ4v) is 2.38. The largest absolute Gasteiger partial charge is 0.381 e. The van der Waals surface area contributed by atoms with Crippen molar-refractivity contribution in [2.45, 2.75) is 33.7 Å². The first-order valence-corrected chi connectivity index (χ1v) is 5.79. The summed E-state index contributed by atoms with van der Waals surface area (Å²) >= 11 is 0. The van der Waals surface area contributed by atoms with Crippen LogP contribution >= 0.6 is 0 Å². The van der Waals surface area contributed by atoms with Gasteiger partial charge in [0.1, 0.15) is 5.69 Å². The number of aromatic nitrogens is 1. The summed E-state index contributed by atoms with van der Waals surface area (Å²) in [6.45, 7) is 8.95. The van der Waals surface area contributed by atoms with Crippen LogP contribution in [-0.4, -0.2) is 16.9 Å². The van der Waals surface area contributed by atoms with Gasteiger partial charge >= 0.3 is 0 Å². The molecule has 1 saturated carbocycles. The van der Waals surface area contributed by atoms with E-state index in [1.807, 2.05) is 6.07 Å². The van der Waals surface area contributed by atoms with Crippen LogP contribution in [0.25, 0.3) is 0 Å². The Bertz CT molecular complexity index is 451. The highest BCUT2D eigenvalue weighted by Gasteiger charge is 2.64. The minimum Gasteiger partial charge on any atom is -0.381 e. The van der Waals surface area contributed by atoms with Gasteiger partial charge in [0.2, 0.25) is 0 Å². The Morgan fingerprint density at radius 2 is 1.94 bits per heavy atom. The average molecular weight is 233 g/mol. The third-order valence-electron chi connectivity index (χ3n) is 4.34.